The smallest absolute Gasteiger partial charge is 0.328 e. The van der Waals surface area contributed by atoms with Gasteiger partial charge in [-0.25, -0.2) is 0 Å². The van der Waals surface area contributed by atoms with Crippen molar-refractivity contribution in [3.63, 3.8) is 0 Å². The van der Waals surface area contributed by atoms with Crippen molar-refractivity contribution < 1.29 is 13.2 Å². The fraction of sp³-hybridized carbons (Fsp3) is 0.833. The van der Waals surface area contributed by atoms with Crippen molar-refractivity contribution in [3.05, 3.63) is 11.6 Å². The molecule has 1 aliphatic heterocycles. The summed E-state index contributed by atoms with van der Waals surface area (Å²) < 4.78 is 39.9. The average Bonchev–Trinajstić information content (AvgIpc) is 2.70. The van der Waals surface area contributed by atoms with E-state index in [0.29, 0.717) is 24.5 Å². The molecule has 2 atom stereocenters. The second-order valence-electron chi connectivity index (χ2n) is 5.29. The van der Waals surface area contributed by atoms with E-state index in [2.05, 4.69) is 10.2 Å². The van der Waals surface area contributed by atoms with Crippen LogP contribution in [0.2, 0.25) is 0 Å². The number of hydrogen-bond acceptors (Lipinski definition) is 3. The molecule has 19 heavy (non-hydrogen) atoms. The molecule has 0 saturated carbocycles. The van der Waals surface area contributed by atoms with Gasteiger partial charge in [0.05, 0.1) is 5.92 Å². The molecule has 0 saturated heterocycles. The lowest BCUT2D eigenvalue weighted by atomic mass is 9.98. The number of aromatic nitrogens is 3. The number of rotatable bonds is 4. The number of halogens is 3. The third kappa shape index (κ3) is 3.46. The number of nitrogens with two attached hydrogens (primary N) is 1. The summed E-state index contributed by atoms with van der Waals surface area (Å²) in [6, 6.07) is 0.103. The lowest BCUT2D eigenvalue weighted by Gasteiger charge is -2.26. The summed E-state index contributed by atoms with van der Waals surface area (Å²) in [5, 5.41) is 8.00. The van der Waals surface area contributed by atoms with Gasteiger partial charge < -0.3 is 10.3 Å². The van der Waals surface area contributed by atoms with Gasteiger partial charge >= 0.3 is 6.18 Å². The van der Waals surface area contributed by atoms with E-state index >= 15 is 0 Å². The van der Waals surface area contributed by atoms with Gasteiger partial charge in [-0.15, -0.1) is 10.2 Å². The number of alkyl halides is 3. The third-order valence-electron chi connectivity index (χ3n) is 3.55. The van der Waals surface area contributed by atoms with Crippen LogP contribution < -0.4 is 5.73 Å². The molecule has 2 heterocycles. The quantitative estimate of drug-likeness (QED) is 0.916. The highest BCUT2D eigenvalue weighted by atomic mass is 19.4. The van der Waals surface area contributed by atoms with Crippen LogP contribution in [0, 0.1) is 5.92 Å². The van der Waals surface area contributed by atoms with Gasteiger partial charge in [-0.2, -0.15) is 13.2 Å². The molecule has 2 unspecified atom stereocenters. The van der Waals surface area contributed by atoms with Crippen LogP contribution in [0.15, 0.2) is 0 Å². The summed E-state index contributed by atoms with van der Waals surface area (Å²) >= 11 is 0. The van der Waals surface area contributed by atoms with Gasteiger partial charge in [-0.05, 0) is 26.2 Å². The first-order valence-corrected chi connectivity index (χ1v) is 6.61. The van der Waals surface area contributed by atoms with Crippen LogP contribution in [0.25, 0.3) is 0 Å². The van der Waals surface area contributed by atoms with Gasteiger partial charge in [0.1, 0.15) is 11.6 Å². The zero-order valence-corrected chi connectivity index (χ0v) is 11.0. The van der Waals surface area contributed by atoms with Gasteiger partial charge in [0.2, 0.25) is 0 Å². The van der Waals surface area contributed by atoms with Gasteiger partial charge in [-0.3, -0.25) is 0 Å². The largest absolute Gasteiger partial charge is 0.393 e. The summed E-state index contributed by atoms with van der Waals surface area (Å²) in [7, 11) is 0. The van der Waals surface area contributed by atoms with E-state index in [1.54, 1.807) is 4.57 Å². The van der Waals surface area contributed by atoms with Crippen LogP contribution in [0.4, 0.5) is 13.2 Å². The fourth-order valence-electron chi connectivity index (χ4n) is 2.42. The molecule has 0 fully saturated rings. The summed E-state index contributed by atoms with van der Waals surface area (Å²) in [5.41, 5.74) is 5.66. The monoisotopic (exact) mass is 276 g/mol. The Bertz CT molecular complexity index is 425. The van der Waals surface area contributed by atoms with Gasteiger partial charge in [0.15, 0.2) is 0 Å². The molecule has 1 aromatic heterocycles. The minimum atomic E-state index is -4.13. The molecule has 0 bridgehead atoms. The van der Waals surface area contributed by atoms with E-state index < -0.39 is 12.1 Å². The minimum Gasteiger partial charge on any atom is -0.328 e. The average molecular weight is 276 g/mol. The Balaban J connectivity index is 2.03. The van der Waals surface area contributed by atoms with Crippen molar-refractivity contribution in [1.82, 2.24) is 14.8 Å². The molecular formula is C12H19F3N4. The number of nitrogens with zero attached hydrogens (tertiary/aromatic N) is 3. The zero-order valence-electron chi connectivity index (χ0n) is 11.0. The van der Waals surface area contributed by atoms with E-state index in [4.69, 9.17) is 5.73 Å². The summed E-state index contributed by atoms with van der Waals surface area (Å²) in [6.45, 7) is 1.87. The Morgan fingerprint density at radius 2 is 2.16 bits per heavy atom. The molecule has 0 radical (unpaired) electrons. The highest BCUT2D eigenvalue weighted by molar-refractivity contribution is 5.01. The number of aryl methyl sites for hydroxylation is 2. The lowest BCUT2D eigenvalue weighted by Crippen LogP contribution is -2.32. The van der Waals surface area contributed by atoms with Crippen LogP contribution in [0.5, 0.6) is 0 Å². The Morgan fingerprint density at radius 1 is 1.42 bits per heavy atom. The van der Waals surface area contributed by atoms with E-state index in [1.807, 2.05) is 6.92 Å². The van der Waals surface area contributed by atoms with Gasteiger partial charge in [0.25, 0.3) is 0 Å². The Hall–Kier alpha value is -1.11. The Morgan fingerprint density at radius 3 is 2.79 bits per heavy atom. The van der Waals surface area contributed by atoms with E-state index in [0.717, 1.165) is 12.8 Å². The standard InChI is InChI=1S/C12H19F3N4/c1-8(16)3-2-4-10-17-18-11-6-5-9(7-19(10)11)12(13,14)15/h8-9H,2-7,16H2,1H3. The summed E-state index contributed by atoms with van der Waals surface area (Å²) in [4.78, 5) is 0. The highest BCUT2D eigenvalue weighted by Crippen LogP contribution is 2.34. The molecule has 0 spiro atoms. The highest BCUT2D eigenvalue weighted by Gasteiger charge is 2.42. The molecule has 1 aromatic rings. The second-order valence-corrected chi connectivity index (χ2v) is 5.29. The first-order chi connectivity index (χ1) is 8.88. The van der Waals surface area contributed by atoms with E-state index in [1.165, 1.54) is 0 Å². The predicted molar refractivity (Wildman–Crippen MR) is 64.5 cm³/mol. The van der Waals surface area contributed by atoms with Crippen LogP contribution in [-0.2, 0) is 19.4 Å². The first kappa shape index (κ1) is 14.3. The van der Waals surface area contributed by atoms with Gasteiger partial charge in [-0.1, -0.05) is 0 Å². The van der Waals surface area contributed by atoms with E-state index in [-0.39, 0.29) is 19.0 Å². The maximum absolute atomic E-state index is 12.8. The summed E-state index contributed by atoms with van der Waals surface area (Å²) in [6.07, 6.45) is -1.37. The van der Waals surface area contributed by atoms with Crippen LogP contribution in [-0.4, -0.2) is 27.0 Å². The van der Waals surface area contributed by atoms with Crippen LogP contribution in [0.1, 0.15) is 37.8 Å². The SMILES string of the molecule is CC(N)CCCc1nnc2n1CC(C(F)(F)F)CC2. The van der Waals surface area contributed by atoms with Gasteiger partial charge in [0, 0.05) is 25.4 Å². The molecule has 2 N–H and O–H groups in total. The van der Waals surface area contributed by atoms with Crippen molar-refractivity contribution >= 4 is 0 Å². The van der Waals surface area contributed by atoms with Crippen molar-refractivity contribution in [3.8, 4) is 0 Å². The maximum Gasteiger partial charge on any atom is 0.393 e. The third-order valence-corrected chi connectivity index (χ3v) is 3.55. The molecule has 1 aliphatic rings. The first-order valence-electron chi connectivity index (χ1n) is 6.61. The van der Waals surface area contributed by atoms with Crippen LogP contribution >= 0.6 is 0 Å². The molecule has 2 rings (SSSR count). The second kappa shape index (κ2) is 5.48. The van der Waals surface area contributed by atoms with Crippen molar-refractivity contribution in [2.24, 2.45) is 11.7 Å². The molecule has 0 amide bonds. The number of hydrogen-bond donors (Lipinski definition) is 1. The topological polar surface area (TPSA) is 56.7 Å². The normalized spacial score (nSPS) is 21.2. The summed E-state index contributed by atoms with van der Waals surface area (Å²) in [5.74, 6) is 0.0593. The molecule has 4 nitrogen and oxygen atoms in total. The Kier molecular flexibility index (Phi) is 4.13. The predicted octanol–water partition coefficient (Wildman–Crippen LogP) is 2.07. The lowest BCUT2D eigenvalue weighted by molar-refractivity contribution is -0.182. The van der Waals surface area contributed by atoms with Crippen molar-refractivity contribution in [1.29, 1.82) is 0 Å². The minimum absolute atomic E-state index is 0.0423. The van der Waals surface area contributed by atoms with Crippen molar-refractivity contribution in [2.75, 3.05) is 0 Å². The zero-order chi connectivity index (χ0) is 14.0. The van der Waals surface area contributed by atoms with Crippen LogP contribution in [0.3, 0.4) is 0 Å². The molecule has 108 valence electrons. The van der Waals surface area contributed by atoms with Crippen molar-refractivity contribution in [2.45, 2.75) is 57.8 Å². The Labute approximate surface area is 110 Å². The molecular weight excluding hydrogens is 257 g/mol. The molecule has 0 aliphatic carbocycles. The number of fused-ring (bicyclic) bond motifs is 1. The molecule has 7 heteroatoms. The molecule has 0 aromatic carbocycles. The maximum atomic E-state index is 12.8. The van der Waals surface area contributed by atoms with E-state index in [9.17, 15) is 13.2 Å². The fourth-order valence-corrected chi connectivity index (χ4v) is 2.42.